The SMILES string of the molecule is CCN(Cc1cc(Br)cs1)c1ccc(N)cc1. The predicted molar refractivity (Wildman–Crippen MR) is 79.6 cm³/mol. The molecule has 1 aromatic heterocycles. The maximum atomic E-state index is 5.70. The van der Waals surface area contributed by atoms with Crippen LogP contribution in [0, 0.1) is 0 Å². The molecule has 2 N–H and O–H groups in total. The molecule has 0 saturated heterocycles. The van der Waals surface area contributed by atoms with E-state index in [2.05, 4.69) is 51.3 Å². The Balaban J connectivity index is 2.13. The van der Waals surface area contributed by atoms with Crippen molar-refractivity contribution in [2.24, 2.45) is 0 Å². The van der Waals surface area contributed by atoms with Gasteiger partial charge in [-0.2, -0.15) is 0 Å². The maximum Gasteiger partial charge on any atom is 0.0523 e. The fourth-order valence-corrected chi connectivity index (χ4v) is 3.16. The molecule has 17 heavy (non-hydrogen) atoms. The smallest absolute Gasteiger partial charge is 0.0523 e. The van der Waals surface area contributed by atoms with E-state index in [-0.39, 0.29) is 0 Å². The summed E-state index contributed by atoms with van der Waals surface area (Å²) in [5, 5.41) is 2.12. The van der Waals surface area contributed by atoms with E-state index in [0.717, 1.165) is 23.2 Å². The molecule has 90 valence electrons. The van der Waals surface area contributed by atoms with Gasteiger partial charge in [-0.3, -0.25) is 0 Å². The van der Waals surface area contributed by atoms with E-state index in [0.29, 0.717) is 0 Å². The number of hydrogen-bond donors (Lipinski definition) is 1. The minimum absolute atomic E-state index is 0.809. The molecule has 2 aromatic rings. The average molecular weight is 311 g/mol. The van der Waals surface area contributed by atoms with Crippen molar-refractivity contribution in [1.82, 2.24) is 0 Å². The van der Waals surface area contributed by atoms with Gasteiger partial charge in [0, 0.05) is 32.6 Å². The Labute approximate surface area is 114 Å². The van der Waals surface area contributed by atoms with Gasteiger partial charge in [0.25, 0.3) is 0 Å². The third-order valence-electron chi connectivity index (χ3n) is 2.61. The second kappa shape index (κ2) is 5.56. The Kier molecular flexibility index (Phi) is 4.07. The molecule has 0 spiro atoms. The zero-order chi connectivity index (χ0) is 12.3. The Morgan fingerprint density at radius 1 is 1.29 bits per heavy atom. The summed E-state index contributed by atoms with van der Waals surface area (Å²) in [4.78, 5) is 3.69. The Hall–Kier alpha value is -1.00. The van der Waals surface area contributed by atoms with Gasteiger partial charge in [-0.1, -0.05) is 0 Å². The molecule has 2 nitrogen and oxygen atoms in total. The normalized spacial score (nSPS) is 10.5. The lowest BCUT2D eigenvalue weighted by atomic mass is 10.2. The Morgan fingerprint density at radius 3 is 2.53 bits per heavy atom. The van der Waals surface area contributed by atoms with Crippen LogP contribution in [0.25, 0.3) is 0 Å². The Morgan fingerprint density at radius 2 is 2.00 bits per heavy atom. The second-order valence-corrected chi connectivity index (χ2v) is 5.75. The lowest BCUT2D eigenvalue weighted by Crippen LogP contribution is -2.21. The summed E-state index contributed by atoms with van der Waals surface area (Å²) in [6.45, 7) is 4.09. The van der Waals surface area contributed by atoms with Gasteiger partial charge in [0.15, 0.2) is 0 Å². The highest BCUT2D eigenvalue weighted by atomic mass is 79.9. The van der Waals surface area contributed by atoms with Crippen molar-refractivity contribution >= 4 is 38.6 Å². The van der Waals surface area contributed by atoms with Crippen LogP contribution >= 0.6 is 27.3 Å². The summed E-state index contributed by atoms with van der Waals surface area (Å²) >= 11 is 5.26. The van der Waals surface area contributed by atoms with Crippen LogP contribution in [-0.4, -0.2) is 6.54 Å². The van der Waals surface area contributed by atoms with Gasteiger partial charge in [-0.05, 0) is 53.2 Å². The number of anilines is 2. The summed E-state index contributed by atoms with van der Waals surface area (Å²) < 4.78 is 1.16. The Bertz CT molecular complexity index is 478. The number of rotatable bonds is 4. The quantitative estimate of drug-likeness (QED) is 0.861. The van der Waals surface area contributed by atoms with E-state index in [1.165, 1.54) is 10.6 Å². The van der Waals surface area contributed by atoms with Crippen LogP contribution in [0.1, 0.15) is 11.8 Å². The summed E-state index contributed by atoms with van der Waals surface area (Å²) in [6.07, 6.45) is 0. The molecule has 0 radical (unpaired) electrons. The average Bonchev–Trinajstić information content (AvgIpc) is 2.73. The van der Waals surface area contributed by atoms with Crippen LogP contribution < -0.4 is 10.6 Å². The molecule has 0 aliphatic carbocycles. The first kappa shape index (κ1) is 12.5. The van der Waals surface area contributed by atoms with Crippen molar-refractivity contribution in [3.8, 4) is 0 Å². The first-order valence-electron chi connectivity index (χ1n) is 5.52. The van der Waals surface area contributed by atoms with Crippen molar-refractivity contribution in [1.29, 1.82) is 0 Å². The van der Waals surface area contributed by atoms with E-state index in [1.807, 2.05) is 12.1 Å². The van der Waals surface area contributed by atoms with Crippen molar-refractivity contribution in [3.63, 3.8) is 0 Å². The number of benzene rings is 1. The lowest BCUT2D eigenvalue weighted by molar-refractivity contribution is 0.842. The molecule has 0 aliphatic heterocycles. The fourth-order valence-electron chi connectivity index (χ4n) is 1.70. The highest BCUT2D eigenvalue weighted by Gasteiger charge is 2.06. The molecule has 0 atom stereocenters. The number of nitrogen functional groups attached to an aromatic ring is 1. The van der Waals surface area contributed by atoms with Crippen LogP contribution in [-0.2, 0) is 6.54 Å². The molecule has 0 unspecified atom stereocenters. The third kappa shape index (κ3) is 3.23. The van der Waals surface area contributed by atoms with Gasteiger partial charge in [0.1, 0.15) is 0 Å². The lowest BCUT2D eigenvalue weighted by Gasteiger charge is -2.22. The molecule has 2 rings (SSSR count). The first-order valence-corrected chi connectivity index (χ1v) is 7.19. The standard InChI is InChI=1S/C13H15BrN2S/c1-2-16(8-13-7-10(14)9-17-13)12-5-3-11(15)4-6-12/h3-7,9H,2,8,15H2,1H3. The van der Waals surface area contributed by atoms with Crippen molar-refractivity contribution in [3.05, 3.63) is 45.1 Å². The molecule has 0 aliphatic rings. The van der Waals surface area contributed by atoms with Crippen molar-refractivity contribution in [2.45, 2.75) is 13.5 Å². The van der Waals surface area contributed by atoms with E-state index >= 15 is 0 Å². The van der Waals surface area contributed by atoms with Crippen LogP contribution in [0.15, 0.2) is 40.2 Å². The second-order valence-electron chi connectivity index (χ2n) is 3.84. The van der Waals surface area contributed by atoms with Gasteiger partial charge >= 0.3 is 0 Å². The van der Waals surface area contributed by atoms with Gasteiger partial charge in [0.2, 0.25) is 0 Å². The van der Waals surface area contributed by atoms with Crippen LogP contribution in [0.2, 0.25) is 0 Å². The highest BCUT2D eigenvalue weighted by Crippen LogP contribution is 2.24. The molecule has 4 heteroatoms. The minimum Gasteiger partial charge on any atom is -0.399 e. The topological polar surface area (TPSA) is 29.3 Å². The molecule has 0 saturated carbocycles. The molecular formula is C13H15BrN2S. The molecule has 0 fully saturated rings. The van der Waals surface area contributed by atoms with Gasteiger partial charge in [-0.15, -0.1) is 11.3 Å². The van der Waals surface area contributed by atoms with Crippen LogP contribution in [0.3, 0.4) is 0 Å². The van der Waals surface area contributed by atoms with E-state index in [9.17, 15) is 0 Å². The minimum atomic E-state index is 0.809. The zero-order valence-electron chi connectivity index (χ0n) is 9.69. The van der Waals surface area contributed by atoms with E-state index in [4.69, 9.17) is 5.73 Å². The molecular weight excluding hydrogens is 296 g/mol. The van der Waals surface area contributed by atoms with Gasteiger partial charge in [-0.25, -0.2) is 0 Å². The van der Waals surface area contributed by atoms with Gasteiger partial charge in [0.05, 0.1) is 6.54 Å². The molecule has 1 aromatic carbocycles. The van der Waals surface area contributed by atoms with E-state index in [1.54, 1.807) is 11.3 Å². The van der Waals surface area contributed by atoms with Gasteiger partial charge < -0.3 is 10.6 Å². The van der Waals surface area contributed by atoms with Crippen molar-refractivity contribution < 1.29 is 0 Å². The van der Waals surface area contributed by atoms with E-state index < -0.39 is 0 Å². The number of nitrogens with two attached hydrogens (primary N) is 1. The molecule has 1 heterocycles. The largest absolute Gasteiger partial charge is 0.399 e. The highest BCUT2D eigenvalue weighted by molar-refractivity contribution is 9.10. The summed E-state index contributed by atoms with van der Waals surface area (Å²) in [7, 11) is 0. The number of hydrogen-bond acceptors (Lipinski definition) is 3. The van der Waals surface area contributed by atoms with Crippen molar-refractivity contribution in [2.75, 3.05) is 17.2 Å². The number of halogens is 1. The van der Waals surface area contributed by atoms with Crippen LogP contribution in [0.4, 0.5) is 11.4 Å². The number of thiophene rings is 1. The number of nitrogens with zero attached hydrogens (tertiary/aromatic N) is 1. The molecule has 0 bridgehead atoms. The maximum absolute atomic E-state index is 5.70. The summed E-state index contributed by atoms with van der Waals surface area (Å²) in [6, 6.07) is 10.2. The summed E-state index contributed by atoms with van der Waals surface area (Å²) in [5.41, 5.74) is 7.72. The first-order chi connectivity index (χ1) is 8.19. The zero-order valence-corrected chi connectivity index (χ0v) is 12.1. The third-order valence-corrected chi connectivity index (χ3v) is 4.29. The predicted octanol–water partition coefficient (Wildman–Crippen LogP) is 4.12. The summed E-state index contributed by atoms with van der Waals surface area (Å²) in [5.74, 6) is 0. The monoisotopic (exact) mass is 310 g/mol. The van der Waals surface area contributed by atoms with Crippen LogP contribution in [0.5, 0.6) is 0 Å². The fraction of sp³-hybridized carbons (Fsp3) is 0.231. The molecule has 0 amide bonds.